The van der Waals surface area contributed by atoms with Gasteiger partial charge in [-0.3, -0.25) is 0 Å². The summed E-state index contributed by atoms with van der Waals surface area (Å²) in [6.45, 7) is 8.75. The molecule has 11 aromatic rings. The van der Waals surface area contributed by atoms with E-state index in [2.05, 4.69) is 213 Å². The molecule has 0 amide bonds. The Morgan fingerprint density at radius 3 is 1.70 bits per heavy atom. The van der Waals surface area contributed by atoms with E-state index < -0.39 is 0 Å². The molecule has 4 heteroatoms. The standard InChI is InChI=1S/C56H42N2OS/c1-35-24-26-42(30-37(35)3)57(50-22-13-21-48-46-19-10-11-23-52(46)59-56(48)50)44-28-29-49-53(33-44)60-54-34-51(45-18-8-9-20-47(45)55(49)54)58(43-27-25-36(2)38(4)31-43)41-17-12-16-40(32-41)39-14-6-5-7-15-39/h5-34H,1-4H3. The van der Waals surface area contributed by atoms with Crippen LogP contribution in [0.5, 0.6) is 0 Å². The molecule has 0 saturated heterocycles. The zero-order valence-corrected chi connectivity index (χ0v) is 34.8. The second-order valence-electron chi connectivity index (χ2n) is 16.0. The Kier molecular flexibility index (Phi) is 8.57. The average Bonchev–Trinajstić information content (AvgIpc) is 3.85. The number of para-hydroxylation sites is 2. The summed E-state index contributed by atoms with van der Waals surface area (Å²) < 4.78 is 9.14. The molecule has 0 aliphatic heterocycles. The molecule has 3 nitrogen and oxygen atoms in total. The number of thiophene rings is 1. The van der Waals surface area contributed by atoms with Gasteiger partial charge in [-0.1, -0.05) is 115 Å². The minimum absolute atomic E-state index is 0.881. The first-order chi connectivity index (χ1) is 29.4. The van der Waals surface area contributed by atoms with E-state index in [4.69, 9.17) is 4.42 Å². The first kappa shape index (κ1) is 36.0. The number of aryl methyl sites for hydroxylation is 4. The second-order valence-corrected chi connectivity index (χ2v) is 17.1. The SMILES string of the molecule is Cc1ccc(N(c2cccc(-c3ccccc3)c2)c2cc3sc4cc(N(c5ccc(C)c(C)c5)c5cccc6c5oc5ccccc56)ccc4c3c3ccccc23)cc1C. The summed E-state index contributed by atoms with van der Waals surface area (Å²) >= 11 is 1.86. The van der Waals surface area contributed by atoms with E-state index in [0.717, 1.165) is 56.1 Å². The van der Waals surface area contributed by atoms with Crippen LogP contribution in [0.3, 0.4) is 0 Å². The van der Waals surface area contributed by atoms with Crippen LogP contribution in [0.4, 0.5) is 34.1 Å². The molecular formula is C56H42N2OS. The van der Waals surface area contributed by atoms with Crippen molar-refractivity contribution in [1.82, 2.24) is 0 Å². The summed E-state index contributed by atoms with van der Waals surface area (Å²) in [6.07, 6.45) is 0. The van der Waals surface area contributed by atoms with Crippen molar-refractivity contribution in [2.75, 3.05) is 9.80 Å². The van der Waals surface area contributed by atoms with Gasteiger partial charge in [-0.2, -0.15) is 0 Å². The molecule has 0 spiro atoms. The summed E-state index contributed by atoms with van der Waals surface area (Å²) in [6, 6.07) is 66.3. The molecule has 60 heavy (non-hydrogen) atoms. The van der Waals surface area contributed by atoms with Crippen LogP contribution >= 0.6 is 11.3 Å². The Morgan fingerprint density at radius 2 is 0.950 bits per heavy atom. The van der Waals surface area contributed by atoms with E-state index >= 15 is 0 Å². The molecule has 2 aromatic heterocycles. The van der Waals surface area contributed by atoms with Crippen LogP contribution in [0.15, 0.2) is 186 Å². The molecule has 0 aliphatic carbocycles. The van der Waals surface area contributed by atoms with Crippen LogP contribution < -0.4 is 9.80 Å². The van der Waals surface area contributed by atoms with Crippen molar-refractivity contribution < 1.29 is 4.42 Å². The fourth-order valence-corrected chi connectivity index (χ4v) is 10.1. The molecule has 11 rings (SSSR count). The lowest BCUT2D eigenvalue weighted by Gasteiger charge is -2.28. The summed E-state index contributed by atoms with van der Waals surface area (Å²) in [5, 5.41) is 7.24. The third-order valence-electron chi connectivity index (χ3n) is 12.3. The predicted octanol–water partition coefficient (Wildman–Crippen LogP) is 16.9. The number of anilines is 6. The van der Waals surface area contributed by atoms with E-state index in [-0.39, 0.29) is 0 Å². The lowest BCUT2D eigenvalue weighted by molar-refractivity contribution is 0.669. The molecule has 0 atom stereocenters. The zero-order valence-electron chi connectivity index (χ0n) is 34.0. The van der Waals surface area contributed by atoms with Crippen LogP contribution in [0.25, 0.3) is 64.0 Å². The molecular weight excluding hydrogens is 749 g/mol. The third-order valence-corrected chi connectivity index (χ3v) is 13.4. The lowest BCUT2D eigenvalue weighted by Crippen LogP contribution is -2.11. The van der Waals surface area contributed by atoms with Gasteiger partial charge in [0, 0.05) is 59.1 Å². The highest BCUT2D eigenvalue weighted by Crippen LogP contribution is 2.49. The van der Waals surface area contributed by atoms with Crippen molar-refractivity contribution in [1.29, 1.82) is 0 Å². The Hall–Kier alpha value is -7.14. The topological polar surface area (TPSA) is 19.6 Å². The average molecular weight is 791 g/mol. The van der Waals surface area contributed by atoms with Crippen molar-refractivity contribution in [3.05, 3.63) is 204 Å². The number of furan rings is 1. The Balaban J connectivity index is 1.13. The number of hydrogen-bond donors (Lipinski definition) is 0. The molecule has 0 saturated carbocycles. The molecule has 0 radical (unpaired) electrons. The van der Waals surface area contributed by atoms with Crippen molar-refractivity contribution in [3.8, 4) is 11.1 Å². The van der Waals surface area contributed by atoms with Gasteiger partial charge in [-0.25, -0.2) is 0 Å². The number of hydrogen-bond acceptors (Lipinski definition) is 4. The molecule has 2 heterocycles. The van der Waals surface area contributed by atoms with Gasteiger partial charge in [-0.05, 0) is 133 Å². The maximum absolute atomic E-state index is 6.66. The third kappa shape index (κ3) is 5.94. The van der Waals surface area contributed by atoms with Crippen molar-refractivity contribution in [2.45, 2.75) is 27.7 Å². The first-order valence-electron chi connectivity index (χ1n) is 20.6. The summed E-state index contributed by atoms with van der Waals surface area (Å²) in [5.74, 6) is 0. The second kappa shape index (κ2) is 14.3. The van der Waals surface area contributed by atoms with E-state index in [1.54, 1.807) is 0 Å². The van der Waals surface area contributed by atoms with Crippen LogP contribution in [0.1, 0.15) is 22.3 Å². The molecule has 0 aliphatic rings. The van der Waals surface area contributed by atoms with E-state index in [9.17, 15) is 0 Å². The van der Waals surface area contributed by atoms with Gasteiger partial charge in [0.25, 0.3) is 0 Å². The maximum Gasteiger partial charge on any atom is 0.159 e. The van der Waals surface area contributed by atoms with Gasteiger partial charge >= 0.3 is 0 Å². The quantitative estimate of drug-likeness (QED) is 0.160. The van der Waals surface area contributed by atoms with Crippen molar-refractivity contribution in [3.63, 3.8) is 0 Å². The Morgan fingerprint density at radius 1 is 0.367 bits per heavy atom. The van der Waals surface area contributed by atoms with E-state index in [1.807, 2.05) is 17.4 Å². The maximum atomic E-state index is 6.66. The van der Waals surface area contributed by atoms with Crippen LogP contribution in [0.2, 0.25) is 0 Å². The predicted molar refractivity (Wildman–Crippen MR) is 258 cm³/mol. The minimum atomic E-state index is 0.881. The van der Waals surface area contributed by atoms with Gasteiger partial charge < -0.3 is 14.2 Å². The lowest BCUT2D eigenvalue weighted by atomic mass is 9.99. The van der Waals surface area contributed by atoms with Gasteiger partial charge in [0.1, 0.15) is 5.58 Å². The summed E-state index contributed by atoms with van der Waals surface area (Å²) in [4.78, 5) is 4.82. The monoisotopic (exact) mass is 790 g/mol. The normalized spacial score (nSPS) is 11.7. The van der Waals surface area contributed by atoms with E-state index in [0.29, 0.717) is 0 Å². The van der Waals surface area contributed by atoms with Crippen molar-refractivity contribution >= 4 is 98.3 Å². The summed E-state index contributed by atoms with van der Waals surface area (Å²) in [5.41, 5.74) is 15.8. The minimum Gasteiger partial charge on any atom is -0.454 e. The molecule has 288 valence electrons. The number of fused-ring (bicyclic) bond motifs is 8. The molecule has 0 fully saturated rings. The fourth-order valence-electron chi connectivity index (χ4n) is 8.88. The molecule has 0 bridgehead atoms. The van der Waals surface area contributed by atoms with Gasteiger partial charge in [0.15, 0.2) is 5.58 Å². The first-order valence-corrected chi connectivity index (χ1v) is 21.4. The van der Waals surface area contributed by atoms with Crippen LogP contribution in [-0.4, -0.2) is 0 Å². The van der Waals surface area contributed by atoms with E-state index in [1.165, 1.54) is 64.3 Å². The van der Waals surface area contributed by atoms with Gasteiger partial charge in [0.05, 0.1) is 11.4 Å². The van der Waals surface area contributed by atoms with Crippen LogP contribution in [0, 0.1) is 27.7 Å². The smallest absolute Gasteiger partial charge is 0.159 e. The van der Waals surface area contributed by atoms with Gasteiger partial charge in [0.2, 0.25) is 0 Å². The molecule has 9 aromatic carbocycles. The van der Waals surface area contributed by atoms with Gasteiger partial charge in [-0.15, -0.1) is 11.3 Å². The van der Waals surface area contributed by atoms with Crippen molar-refractivity contribution in [2.24, 2.45) is 0 Å². The number of nitrogens with zero attached hydrogens (tertiary/aromatic N) is 2. The summed E-state index contributed by atoms with van der Waals surface area (Å²) in [7, 11) is 0. The highest BCUT2D eigenvalue weighted by atomic mass is 32.1. The highest BCUT2D eigenvalue weighted by molar-refractivity contribution is 7.26. The highest BCUT2D eigenvalue weighted by Gasteiger charge is 2.23. The fraction of sp³-hybridized carbons (Fsp3) is 0.0714. The Bertz CT molecular complexity index is 3450. The number of benzene rings is 9. The Labute approximate surface area is 354 Å². The molecule has 0 unspecified atom stereocenters. The largest absolute Gasteiger partial charge is 0.454 e. The zero-order chi connectivity index (χ0) is 40.5. The molecule has 0 N–H and O–H groups in total. The number of rotatable bonds is 7. The van der Waals surface area contributed by atoms with Crippen LogP contribution in [-0.2, 0) is 0 Å².